The third kappa shape index (κ3) is 3.50. The molecule has 0 unspecified atom stereocenters. The van der Waals surface area contributed by atoms with Crippen molar-refractivity contribution in [3.05, 3.63) is 23.3 Å². The number of amides is 3. The van der Waals surface area contributed by atoms with Gasteiger partial charge in [-0.25, -0.2) is 4.79 Å². The number of rotatable bonds is 3. The minimum Gasteiger partial charge on any atom is -0.496 e. The molecule has 0 aromatic heterocycles. The molecule has 6 heteroatoms. The first-order valence-corrected chi connectivity index (χ1v) is 7.43. The molecule has 0 aliphatic carbocycles. The maximum Gasteiger partial charge on any atom is 0.321 e. The van der Waals surface area contributed by atoms with Crippen molar-refractivity contribution in [3.8, 4) is 5.75 Å². The van der Waals surface area contributed by atoms with Crippen LogP contribution in [-0.4, -0.2) is 37.0 Å². The summed E-state index contributed by atoms with van der Waals surface area (Å²) in [6.45, 7) is 4.86. The molecule has 1 aromatic carbocycles. The molecule has 2 rings (SSSR count). The smallest absolute Gasteiger partial charge is 0.321 e. The summed E-state index contributed by atoms with van der Waals surface area (Å²) in [5.41, 5.74) is 7.96. The molecule has 1 aliphatic rings. The van der Waals surface area contributed by atoms with Gasteiger partial charge in [-0.2, -0.15) is 0 Å². The van der Waals surface area contributed by atoms with Crippen LogP contribution in [0.4, 0.5) is 10.5 Å². The van der Waals surface area contributed by atoms with Crippen molar-refractivity contribution in [2.75, 3.05) is 25.5 Å². The van der Waals surface area contributed by atoms with Crippen LogP contribution in [0.5, 0.6) is 5.75 Å². The maximum absolute atomic E-state index is 12.4. The van der Waals surface area contributed by atoms with Crippen LogP contribution in [0.1, 0.15) is 24.0 Å². The van der Waals surface area contributed by atoms with E-state index in [0.29, 0.717) is 13.1 Å². The van der Waals surface area contributed by atoms with Gasteiger partial charge < -0.3 is 20.7 Å². The summed E-state index contributed by atoms with van der Waals surface area (Å²) in [4.78, 5) is 25.4. The van der Waals surface area contributed by atoms with Gasteiger partial charge in [0.2, 0.25) is 5.91 Å². The lowest BCUT2D eigenvalue weighted by molar-refractivity contribution is -0.123. The summed E-state index contributed by atoms with van der Waals surface area (Å²) in [6, 6.07) is 3.63. The van der Waals surface area contributed by atoms with E-state index < -0.39 is 0 Å². The first-order valence-electron chi connectivity index (χ1n) is 7.43. The van der Waals surface area contributed by atoms with Crippen LogP contribution in [0.2, 0.25) is 0 Å². The van der Waals surface area contributed by atoms with Crippen molar-refractivity contribution >= 4 is 17.6 Å². The fourth-order valence-corrected chi connectivity index (χ4v) is 2.76. The minimum atomic E-state index is -0.342. The van der Waals surface area contributed by atoms with Crippen molar-refractivity contribution < 1.29 is 14.3 Å². The molecule has 1 atom stereocenters. The Morgan fingerprint density at radius 1 is 1.36 bits per heavy atom. The van der Waals surface area contributed by atoms with E-state index >= 15 is 0 Å². The first kappa shape index (κ1) is 16.1. The lowest BCUT2D eigenvalue weighted by Crippen LogP contribution is -2.45. The zero-order valence-corrected chi connectivity index (χ0v) is 13.3. The van der Waals surface area contributed by atoms with Crippen LogP contribution in [0.15, 0.2) is 12.1 Å². The van der Waals surface area contributed by atoms with Gasteiger partial charge in [-0.05, 0) is 44.4 Å². The van der Waals surface area contributed by atoms with Crippen LogP contribution in [0.25, 0.3) is 0 Å². The van der Waals surface area contributed by atoms with Crippen molar-refractivity contribution in [3.63, 3.8) is 0 Å². The molecule has 1 aliphatic heterocycles. The van der Waals surface area contributed by atoms with Gasteiger partial charge in [0.1, 0.15) is 5.75 Å². The lowest BCUT2D eigenvalue weighted by Gasteiger charge is -2.31. The van der Waals surface area contributed by atoms with Gasteiger partial charge in [0, 0.05) is 24.3 Å². The summed E-state index contributed by atoms with van der Waals surface area (Å²) in [5, 5.41) is 2.91. The highest BCUT2D eigenvalue weighted by molar-refractivity contribution is 5.91. The zero-order chi connectivity index (χ0) is 16.3. The number of hydrogen-bond donors (Lipinski definition) is 2. The van der Waals surface area contributed by atoms with Gasteiger partial charge in [0.15, 0.2) is 0 Å². The first-order chi connectivity index (χ1) is 10.4. The van der Waals surface area contributed by atoms with E-state index in [9.17, 15) is 9.59 Å². The number of urea groups is 1. The maximum atomic E-state index is 12.4. The van der Waals surface area contributed by atoms with E-state index in [1.807, 2.05) is 26.0 Å². The highest BCUT2D eigenvalue weighted by Crippen LogP contribution is 2.28. The number of nitrogens with one attached hydrogen (secondary N) is 1. The van der Waals surface area contributed by atoms with Gasteiger partial charge in [-0.1, -0.05) is 0 Å². The Morgan fingerprint density at radius 3 is 2.73 bits per heavy atom. The number of methoxy groups -OCH3 is 1. The second-order valence-electron chi connectivity index (χ2n) is 5.76. The highest BCUT2D eigenvalue weighted by Gasteiger charge is 2.27. The van der Waals surface area contributed by atoms with Crippen LogP contribution >= 0.6 is 0 Å². The molecular weight excluding hydrogens is 282 g/mol. The molecule has 3 N–H and O–H groups in total. The summed E-state index contributed by atoms with van der Waals surface area (Å²) in [7, 11) is 1.61. The Bertz CT molecular complexity index is 586. The molecule has 0 bridgehead atoms. The van der Waals surface area contributed by atoms with E-state index in [2.05, 4.69) is 5.32 Å². The summed E-state index contributed by atoms with van der Waals surface area (Å²) in [5.74, 6) is 0.141. The van der Waals surface area contributed by atoms with E-state index in [-0.39, 0.29) is 17.9 Å². The number of benzene rings is 1. The van der Waals surface area contributed by atoms with Crippen molar-refractivity contribution in [1.29, 1.82) is 0 Å². The van der Waals surface area contributed by atoms with Crippen molar-refractivity contribution in [2.24, 2.45) is 11.7 Å². The third-order valence-corrected chi connectivity index (χ3v) is 4.08. The molecule has 1 heterocycles. The largest absolute Gasteiger partial charge is 0.496 e. The normalized spacial score (nSPS) is 18.0. The van der Waals surface area contributed by atoms with Crippen LogP contribution in [0, 0.1) is 19.8 Å². The SMILES string of the molecule is COc1cc(C)cc(NC(=O)N2CCC[C@@H](C(N)=O)C2)c1C. The molecule has 3 amide bonds. The van der Waals surface area contributed by atoms with Crippen molar-refractivity contribution in [1.82, 2.24) is 4.90 Å². The molecule has 0 radical (unpaired) electrons. The molecule has 120 valence electrons. The lowest BCUT2D eigenvalue weighted by atomic mass is 9.98. The number of nitrogens with two attached hydrogens (primary N) is 1. The van der Waals surface area contributed by atoms with Gasteiger partial charge in [-0.3, -0.25) is 4.79 Å². The fraction of sp³-hybridized carbons (Fsp3) is 0.500. The summed E-state index contributed by atoms with van der Waals surface area (Å²) >= 11 is 0. The standard InChI is InChI=1S/C16H23N3O3/c1-10-7-13(11(2)14(8-10)22-3)18-16(21)19-6-4-5-12(9-19)15(17)20/h7-8,12H,4-6,9H2,1-3H3,(H2,17,20)(H,18,21)/t12-/m1/s1. The number of aryl methyl sites for hydroxylation is 1. The molecule has 1 saturated heterocycles. The molecule has 1 fully saturated rings. The number of nitrogens with zero attached hydrogens (tertiary/aromatic N) is 1. The van der Waals surface area contributed by atoms with E-state index in [4.69, 9.17) is 10.5 Å². The number of hydrogen-bond acceptors (Lipinski definition) is 3. The predicted octanol–water partition coefficient (Wildman–Crippen LogP) is 2.04. The number of likely N-dealkylation sites (tertiary alicyclic amines) is 1. The number of ether oxygens (including phenoxy) is 1. The van der Waals surface area contributed by atoms with Crippen molar-refractivity contribution in [2.45, 2.75) is 26.7 Å². The number of primary amides is 1. The number of anilines is 1. The second kappa shape index (κ2) is 6.68. The van der Waals surface area contributed by atoms with E-state index in [1.54, 1.807) is 12.0 Å². The second-order valence-corrected chi connectivity index (χ2v) is 5.76. The minimum absolute atomic E-state index is 0.207. The zero-order valence-electron chi connectivity index (χ0n) is 13.3. The molecular formula is C16H23N3O3. The van der Waals surface area contributed by atoms with Gasteiger partial charge in [0.25, 0.3) is 0 Å². The van der Waals surface area contributed by atoms with Crippen LogP contribution in [0.3, 0.4) is 0 Å². The van der Waals surface area contributed by atoms with Gasteiger partial charge >= 0.3 is 6.03 Å². The highest BCUT2D eigenvalue weighted by atomic mass is 16.5. The Labute approximate surface area is 130 Å². The average molecular weight is 305 g/mol. The molecule has 6 nitrogen and oxygen atoms in total. The molecule has 0 spiro atoms. The Kier molecular flexibility index (Phi) is 4.90. The Balaban J connectivity index is 2.12. The average Bonchev–Trinajstić information content (AvgIpc) is 2.50. The quantitative estimate of drug-likeness (QED) is 0.896. The third-order valence-electron chi connectivity index (χ3n) is 4.08. The monoisotopic (exact) mass is 305 g/mol. The summed E-state index contributed by atoms with van der Waals surface area (Å²) < 4.78 is 5.32. The van der Waals surface area contributed by atoms with Gasteiger partial charge in [-0.15, -0.1) is 0 Å². The number of carbonyl (C=O) groups excluding carboxylic acids is 2. The predicted molar refractivity (Wildman–Crippen MR) is 85.0 cm³/mol. The number of carbonyl (C=O) groups is 2. The van der Waals surface area contributed by atoms with E-state index in [0.717, 1.165) is 35.4 Å². The molecule has 22 heavy (non-hydrogen) atoms. The molecule has 1 aromatic rings. The van der Waals surface area contributed by atoms with Crippen LogP contribution in [-0.2, 0) is 4.79 Å². The van der Waals surface area contributed by atoms with Gasteiger partial charge in [0.05, 0.1) is 13.0 Å². The Morgan fingerprint density at radius 2 is 2.09 bits per heavy atom. The number of piperidine rings is 1. The van der Waals surface area contributed by atoms with E-state index in [1.165, 1.54) is 0 Å². The summed E-state index contributed by atoms with van der Waals surface area (Å²) in [6.07, 6.45) is 1.54. The fourth-order valence-electron chi connectivity index (χ4n) is 2.76. The topological polar surface area (TPSA) is 84.7 Å². The van der Waals surface area contributed by atoms with Crippen LogP contribution < -0.4 is 15.8 Å². The Hall–Kier alpha value is -2.24. The molecule has 0 saturated carbocycles.